The average Bonchev–Trinajstić information content (AvgIpc) is 2.95. The third-order valence-electron chi connectivity index (χ3n) is 5.65. The maximum absolute atomic E-state index is 12.4. The smallest absolute Gasteiger partial charge is 0.337 e. The summed E-state index contributed by atoms with van der Waals surface area (Å²) < 4.78 is 27.9. The van der Waals surface area contributed by atoms with Gasteiger partial charge in [-0.25, -0.2) is 9.59 Å². The molecule has 1 aliphatic heterocycles. The number of ether oxygens (including phenoxy) is 5. The number of rotatable bonds is 13. The van der Waals surface area contributed by atoms with E-state index in [4.69, 9.17) is 28.9 Å². The summed E-state index contributed by atoms with van der Waals surface area (Å²) in [5.41, 5.74) is 4.26. The van der Waals surface area contributed by atoms with Gasteiger partial charge in [0.15, 0.2) is 35.8 Å². The first kappa shape index (κ1) is 31.1. The molecule has 2 aromatic rings. The molecule has 3 rings (SSSR count). The van der Waals surface area contributed by atoms with Crippen LogP contribution < -0.4 is 35.0 Å². The molecule has 0 saturated heterocycles. The van der Waals surface area contributed by atoms with Gasteiger partial charge in [0.1, 0.15) is 12.7 Å². The number of hydrazone groups is 1. The standard InChI is InChI=1S/C27H30BrN5O8/c1-5-39-20-11-16(24-23(26(35)38-4)15(2)31-27(36)32-24)6-7-19(20)41-14-22(34)33-30-13-17-10-18(28)12-21(37-3)25(17)40-9-8-29/h6-7,10-13,22,24,33-34H,5,9,14H2,1-4H3,(H2,31,32,36)/b30-13+/t22-,24+/m0/s1. The summed E-state index contributed by atoms with van der Waals surface area (Å²) in [7, 11) is 2.74. The number of hydrogen-bond donors (Lipinski definition) is 4. The number of urea groups is 1. The van der Waals surface area contributed by atoms with Gasteiger partial charge in [0.25, 0.3) is 0 Å². The van der Waals surface area contributed by atoms with Gasteiger partial charge in [-0.3, -0.25) is 5.43 Å². The molecule has 13 nitrogen and oxygen atoms in total. The molecule has 14 heteroatoms. The van der Waals surface area contributed by atoms with Crippen molar-refractivity contribution in [1.82, 2.24) is 16.1 Å². The normalized spacial score (nSPS) is 15.3. The lowest BCUT2D eigenvalue weighted by atomic mass is 9.95. The zero-order chi connectivity index (χ0) is 29.9. The van der Waals surface area contributed by atoms with Crippen molar-refractivity contribution < 1.29 is 38.4 Å². The molecule has 4 N–H and O–H groups in total. The largest absolute Gasteiger partial charge is 0.493 e. The zero-order valence-corrected chi connectivity index (χ0v) is 24.4. The van der Waals surface area contributed by atoms with E-state index in [1.165, 1.54) is 20.4 Å². The van der Waals surface area contributed by atoms with Gasteiger partial charge < -0.3 is 39.4 Å². The van der Waals surface area contributed by atoms with E-state index in [-0.39, 0.29) is 18.8 Å². The van der Waals surface area contributed by atoms with Crippen molar-refractivity contribution in [2.45, 2.75) is 26.1 Å². The number of esters is 1. The number of hydrogen-bond acceptors (Lipinski definition) is 11. The molecule has 1 heterocycles. The molecule has 0 saturated carbocycles. The summed E-state index contributed by atoms with van der Waals surface area (Å²) in [5.74, 6) is 0.805. The van der Waals surface area contributed by atoms with Crippen LogP contribution in [-0.2, 0) is 9.53 Å². The van der Waals surface area contributed by atoms with E-state index < -0.39 is 24.3 Å². The molecule has 0 fully saturated rings. The first-order chi connectivity index (χ1) is 19.7. The molecule has 0 bridgehead atoms. The van der Waals surface area contributed by atoms with E-state index in [1.54, 1.807) is 44.2 Å². The number of carbonyl (C=O) groups is 2. The molecule has 2 amide bonds. The number of aliphatic hydroxyl groups excluding tert-OH is 1. The van der Waals surface area contributed by atoms with Gasteiger partial charge in [-0.05, 0) is 43.7 Å². The minimum absolute atomic E-state index is 0.187. The highest BCUT2D eigenvalue weighted by molar-refractivity contribution is 9.10. The topological polar surface area (TPSA) is 173 Å². The Labute approximate surface area is 245 Å². The third-order valence-corrected chi connectivity index (χ3v) is 6.11. The minimum Gasteiger partial charge on any atom is -0.493 e. The molecule has 218 valence electrons. The summed E-state index contributed by atoms with van der Waals surface area (Å²) in [5, 5.41) is 28.6. The molecule has 41 heavy (non-hydrogen) atoms. The van der Waals surface area contributed by atoms with Gasteiger partial charge >= 0.3 is 12.0 Å². The molecule has 1 aliphatic rings. The van der Waals surface area contributed by atoms with E-state index in [1.807, 2.05) is 6.07 Å². The first-order valence-electron chi connectivity index (χ1n) is 12.3. The van der Waals surface area contributed by atoms with Crippen LogP contribution in [0.2, 0.25) is 0 Å². The monoisotopic (exact) mass is 631 g/mol. The Balaban J connectivity index is 1.73. The highest BCUT2D eigenvalue weighted by Gasteiger charge is 2.32. The van der Waals surface area contributed by atoms with Gasteiger partial charge in [-0.15, -0.1) is 0 Å². The summed E-state index contributed by atoms with van der Waals surface area (Å²) >= 11 is 3.38. The van der Waals surface area contributed by atoms with Crippen molar-refractivity contribution in [2.24, 2.45) is 5.10 Å². The highest BCUT2D eigenvalue weighted by atomic mass is 79.9. The van der Waals surface area contributed by atoms with Crippen LogP contribution in [0, 0.1) is 11.3 Å². The number of allylic oxidation sites excluding steroid dienone is 1. The van der Waals surface area contributed by atoms with Gasteiger partial charge in [-0.1, -0.05) is 22.0 Å². The summed E-state index contributed by atoms with van der Waals surface area (Å²) in [6, 6.07) is 9.00. The van der Waals surface area contributed by atoms with Crippen LogP contribution >= 0.6 is 15.9 Å². The Hall–Kier alpha value is -4.48. The molecular formula is C27H30BrN5O8. The van der Waals surface area contributed by atoms with Crippen LogP contribution in [0.25, 0.3) is 0 Å². The second-order valence-electron chi connectivity index (χ2n) is 8.39. The Morgan fingerprint density at radius 1 is 1.22 bits per heavy atom. The molecule has 0 aromatic heterocycles. The summed E-state index contributed by atoms with van der Waals surface area (Å²) in [4.78, 5) is 24.5. The van der Waals surface area contributed by atoms with Crippen molar-refractivity contribution in [3.8, 4) is 29.1 Å². The van der Waals surface area contributed by atoms with Crippen LogP contribution in [0.15, 0.2) is 51.2 Å². The number of carbonyl (C=O) groups excluding carboxylic acids is 2. The lowest BCUT2D eigenvalue weighted by Crippen LogP contribution is -2.45. The molecule has 0 spiro atoms. The molecule has 0 aliphatic carbocycles. The fraction of sp³-hybridized carbons (Fsp3) is 0.333. The van der Waals surface area contributed by atoms with Crippen LogP contribution in [0.5, 0.6) is 23.0 Å². The predicted octanol–water partition coefficient (Wildman–Crippen LogP) is 2.88. The van der Waals surface area contributed by atoms with E-state index in [0.29, 0.717) is 50.9 Å². The van der Waals surface area contributed by atoms with Crippen LogP contribution in [-0.4, -0.2) is 63.6 Å². The SMILES string of the molecule is CCOc1cc([C@H]2NC(=O)NC(C)=C2C(=O)OC)ccc1OC[C@H](O)N/N=C/c1cc(Br)cc(OC)c1OCC#N. The minimum atomic E-state index is -1.21. The van der Waals surface area contributed by atoms with Crippen molar-refractivity contribution in [2.75, 3.05) is 34.0 Å². The van der Waals surface area contributed by atoms with E-state index >= 15 is 0 Å². The van der Waals surface area contributed by atoms with Gasteiger partial charge in [0, 0.05) is 15.7 Å². The van der Waals surface area contributed by atoms with Gasteiger partial charge in [-0.2, -0.15) is 10.4 Å². The third kappa shape index (κ3) is 8.03. The van der Waals surface area contributed by atoms with Crippen molar-refractivity contribution in [1.29, 1.82) is 5.26 Å². The Kier molecular flexibility index (Phi) is 11.2. The number of aliphatic hydroxyl groups is 1. The molecule has 2 aromatic carbocycles. The summed E-state index contributed by atoms with van der Waals surface area (Å²) in [6.07, 6.45) is 0.198. The second-order valence-corrected chi connectivity index (χ2v) is 9.30. The molecule has 2 atom stereocenters. The number of benzene rings is 2. The van der Waals surface area contributed by atoms with Crippen molar-refractivity contribution >= 4 is 34.1 Å². The zero-order valence-electron chi connectivity index (χ0n) is 22.8. The highest BCUT2D eigenvalue weighted by Crippen LogP contribution is 2.35. The first-order valence-corrected chi connectivity index (χ1v) is 13.1. The fourth-order valence-corrected chi connectivity index (χ4v) is 4.36. The lowest BCUT2D eigenvalue weighted by Gasteiger charge is -2.28. The summed E-state index contributed by atoms with van der Waals surface area (Å²) in [6.45, 7) is 3.33. The van der Waals surface area contributed by atoms with Crippen LogP contribution in [0.1, 0.15) is 31.0 Å². The predicted molar refractivity (Wildman–Crippen MR) is 151 cm³/mol. The van der Waals surface area contributed by atoms with E-state index in [9.17, 15) is 14.7 Å². The van der Waals surface area contributed by atoms with Gasteiger partial charge in [0.2, 0.25) is 0 Å². The number of nitrogens with one attached hydrogen (secondary N) is 3. The van der Waals surface area contributed by atoms with E-state index in [2.05, 4.69) is 37.1 Å². The van der Waals surface area contributed by atoms with Crippen LogP contribution in [0.3, 0.4) is 0 Å². The number of methoxy groups -OCH3 is 2. The number of amides is 2. The lowest BCUT2D eigenvalue weighted by molar-refractivity contribution is -0.136. The number of nitrogens with zero attached hydrogens (tertiary/aromatic N) is 2. The molecule has 0 unspecified atom stereocenters. The van der Waals surface area contributed by atoms with Crippen LogP contribution in [0.4, 0.5) is 4.79 Å². The maximum Gasteiger partial charge on any atom is 0.337 e. The average molecular weight is 632 g/mol. The number of halogens is 1. The molecular weight excluding hydrogens is 602 g/mol. The maximum atomic E-state index is 12.4. The Morgan fingerprint density at radius 2 is 2.00 bits per heavy atom. The van der Waals surface area contributed by atoms with Gasteiger partial charge in [0.05, 0.1) is 38.7 Å². The van der Waals surface area contributed by atoms with Crippen molar-refractivity contribution in [3.05, 3.63) is 57.2 Å². The molecule has 0 radical (unpaired) electrons. The quantitative estimate of drug-likeness (QED) is 0.111. The fourth-order valence-electron chi connectivity index (χ4n) is 3.91. The Morgan fingerprint density at radius 3 is 2.68 bits per heavy atom. The van der Waals surface area contributed by atoms with Crippen molar-refractivity contribution in [3.63, 3.8) is 0 Å². The van der Waals surface area contributed by atoms with E-state index in [0.717, 1.165) is 0 Å². The Bertz CT molecular complexity index is 1370. The second kappa shape index (κ2) is 14.8. The number of nitriles is 1.